The smallest absolute Gasteiger partial charge is 0.343 e. The molecule has 0 spiro atoms. The van der Waals surface area contributed by atoms with Crippen LogP contribution in [-0.2, 0) is 4.79 Å². The summed E-state index contributed by atoms with van der Waals surface area (Å²) in [4.78, 5) is 24.9. The molecule has 3 rings (SSSR count). The SMILES string of the molecule is COc1ccc(C(=O)Oc2ccc(Br)cc2C=NNC(=O)C2CCCCC2)cc1OC. The number of carbonyl (C=O) groups is 2. The number of hydrogen-bond acceptors (Lipinski definition) is 6. The van der Waals surface area contributed by atoms with Crippen molar-refractivity contribution >= 4 is 34.0 Å². The van der Waals surface area contributed by atoms with Gasteiger partial charge in [-0.15, -0.1) is 0 Å². The van der Waals surface area contributed by atoms with Gasteiger partial charge in [0.1, 0.15) is 5.75 Å². The number of nitrogens with one attached hydrogen (secondary N) is 1. The number of hydrazone groups is 1. The molecule has 2 aromatic rings. The number of rotatable bonds is 7. The summed E-state index contributed by atoms with van der Waals surface area (Å²) < 4.78 is 16.8. The lowest BCUT2D eigenvalue weighted by Gasteiger charge is -2.19. The Morgan fingerprint density at radius 2 is 1.71 bits per heavy atom. The van der Waals surface area contributed by atoms with Crippen LogP contribution in [0.3, 0.4) is 0 Å². The quantitative estimate of drug-likeness (QED) is 0.263. The monoisotopic (exact) mass is 488 g/mol. The molecule has 8 heteroatoms. The molecule has 0 aliphatic heterocycles. The fourth-order valence-corrected chi connectivity index (χ4v) is 3.84. The second kappa shape index (κ2) is 10.9. The van der Waals surface area contributed by atoms with Gasteiger partial charge in [0.25, 0.3) is 0 Å². The van der Waals surface area contributed by atoms with Gasteiger partial charge >= 0.3 is 5.97 Å². The van der Waals surface area contributed by atoms with E-state index in [-0.39, 0.29) is 11.8 Å². The number of amides is 1. The molecular weight excluding hydrogens is 464 g/mol. The van der Waals surface area contributed by atoms with Crippen molar-refractivity contribution in [1.82, 2.24) is 5.43 Å². The highest BCUT2D eigenvalue weighted by molar-refractivity contribution is 9.10. The van der Waals surface area contributed by atoms with Crippen LogP contribution < -0.4 is 19.6 Å². The Hall–Kier alpha value is -2.87. The van der Waals surface area contributed by atoms with Crippen molar-refractivity contribution in [2.45, 2.75) is 32.1 Å². The van der Waals surface area contributed by atoms with Gasteiger partial charge in [0.15, 0.2) is 11.5 Å². The standard InChI is InChI=1S/C23H25BrN2O5/c1-29-20-10-8-16(13-21(20)30-2)23(28)31-19-11-9-18(24)12-17(19)14-25-26-22(27)15-6-4-3-5-7-15/h8-15H,3-7H2,1-2H3,(H,26,27). The van der Waals surface area contributed by atoms with E-state index in [0.717, 1.165) is 30.2 Å². The number of esters is 1. The maximum atomic E-state index is 12.7. The van der Waals surface area contributed by atoms with Crippen LogP contribution in [0.25, 0.3) is 0 Å². The molecule has 1 aliphatic carbocycles. The van der Waals surface area contributed by atoms with Crippen LogP contribution in [0.5, 0.6) is 17.2 Å². The van der Waals surface area contributed by atoms with Crippen LogP contribution in [0.2, 0.25) is 0 Å². The molecule has 164 valence electrons. The molecule has 1 aliphatic rings. The van der Waals surface area contributed by atoms with Gasteiger partial charge in [0, 0.05) is 16.0 Å². The number of ether oxygens (including phenoxy) is 3. The average molecular weight is 489 g/mol. The molecule has 1 N–H and O–H groups in total. The summed E-state index contributed by atoms with van der Waals surface area (Å²) in [6, 6.07) is 9.97. The summed E-state index contributed by atoms with van der Waals surface area (Å²) in [5, 5.41) is 4.08. The Bertz CT molecular complexity index is 970. The highest BCUT2D eigenvalue weighted by Gasteiger charge is 2.20. The van der Waals surface area contributed by atoms with Crippen molar-refractivity contribution in [3.63, 3.8) is 0 Å². The molecule has 1 fully saturated rings. The van der Waals surface area contributed by atoms with Crippen LogP contribution in [0.15, 0.2) is 46.0 Å². The molecule has 0 saturated heterocycles. The van der Waals surface area contributed by atoms with E-state index < -0.39 is 5.97 Å². The van der Waals surface area contributed by atoms with Crippen molar-refractivity contribution in [2.75, 3.05) is 14.2 Å². The first kappa shape index (κ1) is 22.8. The van der Waals surface area contributed by atoms with Crippen molar-refractivity contribution < 1.29 is 23.8 Å². The number of carbonyl (C=O) groups excluding carboxylic acids is 2. The molecule has 0 heterocycles. The number of halogens is 1. The average Bonchev–Trinajstić information content (AvgIpc) is 2.80. The Morgan fingerprint density at radius 1 is 1.00 bits per heavy atom. The van der Waals surface area contributed by atoms with Gasteiger partial charge in [-0.05, 0) is 49.2 Å². The van der Waals surface area contributed by atoms with Gasteiger partial charge in [-0.3, -0.25) is 4.79 Å². The molecule has 0 atom stereocenters. The Morgan fingerprint density at radius 3 is 2.42 bits per heavy atom. The van der Waals surface area contributed by atoms with E-state index in [9.17, 15) is 9.59 Å². The van der Waals surface area contributed by atoms with E-state index >= 15 is 0 Å². The van der Waals surface area contributed by atoms with Crippen LogP contribution in [0, 0.1) is 5.92 Å². The van der Waals surface area contributed by atoms with E-state index in [1.165, 1.54) is 26.9 Å². The summed E-state index contributed by atoms with van der Waals surface area (Å²) in [6.45, 7) is 0. The van der Waals surface area contributed by atoms with Gasteiger partial charge in [-0.25, -0.2) is 10.2 Å². The van der Waals surface area contributed by atoms with Gasteiger partial charge in [0.2, 0.25) is 5.91 Å². The molecular formula is C23H25BrN2O5. The van der Waals surface area contributed by atoms with E-state index in [1.54, 1.807) is 36.4 Å². The third-order valence-electron chi connectivity index (χ3n) is 5.15. The predicted octanol–water partition coefficient (Wildman–Crippen LogP) is 4.72. The van der Waals surface area contributed by atoms with Crippen LogP contribution >= 0.6 is 15.9 Å². The van der Waals surface area contributed by atoms with Crippen LogP contribution in [0.4, 0.5) is 0 Å². The van der Waals surface area contributed by atoms with Crippen molar-refractivity contribution in [3.8, 4) is 17.2 Å². The zero-order valence-electron chi connectivity index (χ0n) is 17.5. The summed E-state index contributed by atoms with van der Waals surface area (Å²) in [7, 11) is 3.02. The zero-order valence-corrected chi connectivity index (χ0v) is 19.1. The van der Waals surface area contributed by atoms with E-state index in [0.29, 0.717) is 28.4 Å². The largest absolute Gasteiger partial charge is 0.493 e. The predicted molar refractivity (Wildman–Crippen MR) is 121 cm³/mol. The topological polar surface area (TPSA) is 86.2 Å². The molecule has 1 amide bonds. The fraction of sp³-hybridized carbons (Fsp3) is 0.348. The van der Waals surface area contributed by atoms with E-state index in [4.69, 9.17) is 14.2 Å². The van der Waals surface area contributed by atoms with Crippen molar-refractivity contribution in [3.05, 3.63) is 52.0 Å². The van der Waals surface area contributed by atoms with Gasteiger partial charge in [-0.1, -0.05) is 35.2 Å². The molecule has 2 aromatic carbocycles. The van der Waals surface area contributed by atoms with Gasteiger partial charge in [0.05, 0.1) is 26.0 Å². The lowest BCUT2D eigenvalue weighted by molar-refractivity contribution is -0.125. The molecule has 1 saturated carbocycles. The summed E-state index contributed by atoms with van der Waals surface area (Å²) in [5.74, 6) is 0.651. The van der Waals surface area contributed by atoms with E-state index in [2.05, 4.69) is 26.5 Å². The minimum atomic E-state index is -0.552. The minimum Gasteiger partial charge on any atom is -0.493 e. The van der Waals surface area contributed by atoms with Crippen LogP contribution in [0.1, 0.15) is 48.0 Å². The maximum Gasteiger partial charge on any atom is 0.343 e. The first-order chi connectivity index (χ1) is 15.0. The first-order valence-electron chi connectivity index (χ1n) is 10.1. The summed E-state index contributed by atoms with van der Waals surface area (Å²) >= 11 is 3.41. The van der Waals surface area contributed by atoms with Crippen LogP contribution in [-0.4, -0.2) is 32.3 Å². The Kier molecular flexibility index (Phi) is 8.06. The first-order valence-corrected chi connectivity index (χ1v) is 10.9. The molecule has 0 unspecified atom stereocenters. The lowest BCUT2D eigenvalue weighted by Crippen LogP contribution is -2.28. The third-order valence-corrected chi connectivity index (χ3v) is 5.64. The fourth-order valence-electron chi connectivity index (χ4n) is 3.46. The second-order valence-electron chi connectivity index (χ2n) is 7.21. The van der Waals surface area contributed by atoms with Gasteiger partial charge in [-0.2, -0.15) is 5.10 Å². The number of benzene rings is 2. The van der Waals surface area contributed by atoms with Gasteiger partial charge < -0.3 is 14.2 Å². The third kappa shape index (κ3) is 6.07. The molecule has 0 bridgehead atoms. The Balaban J connectivity index is 1.72. The highest BCUT2D eigenvalue weighted by Crippen LogP contribution is 2.29. The number of nitrogens with zero attached hydrogens (tertiary/aromatic N) is 1. The molecule has 0 aromatic heterocycles. The maximum absolute atomic E-state index is 12.7. The Labute approximate surface area is 189 Å². The minimum absolute atomic E-state index is 0.00996. The summed E-state index contributed by atoms with van der Waals surface area (Å²) in [5.41, 5.74) is 3.47. The van der Waals surface area contributed by atoms with E-state index in [1.807, 2.05) is 0 Å². The lowest BCUT2D eigenvalue weighted by atomic mass is 9.89. The highest BCUT2D eigenvalue weighted by atomic mass is 79.9. The molecule has 0 radical (unpaired) electrons. The van der Waals surface area contributed by atoms with Crippen molar-refractivity contribution in [2.24, 2.45) is 11.0 Å². The molecule has 7 nitrogen and oxygen atoms in total. The number of hydrogen-bond donors (Lipinski definition) is 1. The number of methoxy groups -OCH3 is 2. The van der Waals surface area contributed by atoms with Crippen molar-refractivity contribution in [1.29, 1.82) is 0 Å². The summed E-state index contributed by atoms with van der Waals surface area (Å²) in [6.07, 6.45) is 6.59. The second-order valence-corrected chi connectivity index (χ2v) is 8.13. The normalized spacial score (nSPS) is 14.3. The zero-order chi connectivity index (χ0) is 22.2. The molecule has 31 heavy (non-hydrogen) atoms.